The van der Waals surface area contributed by atoms with Crippen molar-refractivity contribution in [2.75, 3.05) is 18.1 Å². The lowest BCUT2D eigenvalue weighted by atomic mass is 10.3. The summed E-state index contributed by atoms with van der Waals surface area (Å²) in [4.78, 5) is 10.0. The van der Waals surface area contributed by atoms with Crippen LogP contribution in [0.5, 0.6) is 5.75 Å². The zero-order valence-electron chi connectivity index (χ0n) is 9.63. The lowest BCUT2D eigenvalue weighted by Gasteiger charge is -2.07. The maximum atomic E-state index is 11.2. The van der Waals surface area contributed by atoms with Crippen LogP contribution in [0.4, 0.5) is 5.69 Å². The number of hydrogen-bond acceptors (Lipinski definition) is 5. The Morgan fingerprint density at radius 2 is 2.11 bits per heavy atom. The highest BCUT2D eigenvalue weighted by Gasteiger charge is 2.12. The average Bonchev–Trinajstić information content (AvgIpc) is 2.31. The third-order valence-corrected chi connectivity index (χ3v) is 4.54. The first-order valence-corrected chi connectivity index (χ1v) is 7.74. The first kappa shape index (κ1) is 14.9. The molecule has 8 heteroatoms. The van der Waals surface area contributed by atoms with Gasteiger partial charge in [0.05, 0.1) is 21.2 Å². The van der Waals surface area contributed by atoms with E-state index in [4.69, 9.17) is 4.74 Å². The van der Waals surface area contributed by atoms with Gasteiger partial charge in [-0.1, -0.05) is 6.92 Å². The van der Waals surface area contributed by atoms with E-state index in [1.807, 2.05) is 0 Å². The molecule has 18 heavy (non-hydrogen) atoms. The average molecular weight is 338 g/mol. The summed E-state index contributed by atoms with van der Waals surface area (Å²) < 4.78 is 28.3. The second-order valence-electron chi connectivity index (χ2n) is 3.46. The molecule has 0 saturated carbocycles. The van der Waals surface area contributed by atoms with E-state index in [1.54, 1.807) is 6.92 Å². The minimum absolute atomic E-state index is 0.0318. The molecule has 1 aromatic rings. The fourth-order valence-corrected chi connectivity index (χ4v) is 2.13. The van der Waals surface area contributed by atoms with Gasteiger partial charge in [0.2, 0.25) is 0 Å². The molecular weight excluding hydrogens is 326 g/mol. The van der Waals surface area contributed by atoms with Crippen LogP contribution in [-0.4, -0.2) is 31.5 Å². The molecule has 6 nitrogen and oxygen atoms in total. The largest absolute Gasteiger partial charge is 0.491 e. The van der Waals surface area contributed by atoms with Crippen molar-refractivity contribution in [3.05, 3.63) is 32.8 Å². The Kier molecular flexibility index (Phi) is 5.09. The first-order chi connectivity index (χ1) is 8.35. The van der Waals surface area contributed by atoms with Gasteiger partial charge in [-0.15, -0.1) is 0 Å². The Bertz CT molecular complexity index is 543. The predicted octanol–water partition coefficient (Wildman–Crippen LogP) is 2.17. The third kappa shape index (κ3) is 4.26. The smallest absolute Gasteiger partial charge is 0.273 e. The number of nitro benzene ring substituents is 1. The summed E-state index contributed by atoms with van der Waals surface area (Å²) in [7, 11) is -3.10. The van der Waals surface area contributed by atoms with Crippen molar-refractivity contribution in [3.8, 4) is 5.75 Å². The zero-order chi connectivity index (χ0) is 13.8. The van der Waals surface area contributed by atoms with Crippen molar-refractivity contribution in [3.63, 3.8) is 0 Å². The molecule has 100 valence electrons. The molecule has 0 aliphatic heterocycles. The van der Waals surface area contributed by atoms with Crippen LogP contribution in [0.3, 0.4) is 0 Å². The molecule has 0 unspecified atom stereocenters. The van der Waals surface area contributed by atoms with Gasteiger partial charge in [-0.2, -0.15) is 0 Å². The van der Waals surface area contributed by atoms with E-state index < -0.39 is 14.8 Å². The molecule has 0 aliphatic carbocycles. The maximum Gasteiger partial charge on any atom is 0.273 e. The number of hydrogen-bond donors (Lipinski definition) is 0. The van der Waals surface area contributed by atoms with Gasteiger partial charge in [-0.3, -0.25) is 10.1 Å². The molecule has 0 radical (unpaired) electrons. The van der Waals surface area contributed by atoms with Crippen LogP contribution in [0.1, 0.15) is 6.92 Å². The second-order valence-corrected chi connectivity index (χ2v) is 6.78. The van der Waals surface area contributed by atoms with E-state index in [0.717, 1.165) is 0 Å². The summed E-state index contributed by atoms with van der Waals surface area (Å²) in [5, 5.41) is 10.6. The highest BCUT2D eigenvalue weighted by atomic mass is 79.9. The Morgan fingerprint density at radius 3 is 2.67 bits per heavy atom. The Morgan fingerprint density at radius 1 is 1.44 bits per heavy atom. The molecule has 1 rings (SSSR count). The molecule has 0 fully saturated rings. The minimum atomic E-state index is -3.10. The lowest BCUT2D eigenvalue weighted by molar-refractivity contribution is -0.384. The number of non-ortho nitro benzene ring substituents is 1. The highest BCUT2D eigenvalue weighted by Crippen LogP contribution is 2.29. The number of nitro groups is 1. The Hall–Kier alpha value is -1.15. The second kappa shape index (κ2) is 6.14. The molecule has 0 saturated heterocycles. The van der Waals surface area contributed by atoms with Crippen molar-refractivity contribution >= 4 is 31.5 Å². The van der Waals surface area contributed by atoms with Gasteiger partial charge >= 0.3 is 0 Å². The molecule has 0 atom stereocenters. The van der Waals surface area contributed by atoms with Crippen LogP contribution in [0, 0.1) is 10.1 Å². The molecule has 0 heterocycles. The van der Waals surface area contributed by atoms with E-state index in [9.17, 15) is 18.5 Å². The molecular formula is C10H12BrNO5S. The monoisotopic (exact) mass is 337 g/mol. The summed E-state index contributed by atoms with van der Waals surface area (Å²) in [5.74, 6) is 0.195. The standard InChI is InChI=1S/C10H12BrNO5S/c1-2-18(15,16)6-5-17-10-7-8(12(13)14)3-4-9(10)11/h3-4,7H,2,5-6H2,1H3. The summed E-state index contributed by atoms with van der Waals surface area (Å²) in [6.45, 7) is 1.52. The van der Waals surface area contributed by atoms with Crippen LogP contribution in [-0.2, 0) is 9.84 Å². The van der Waals surface area contributed by atoms with E-state index >= 15 is 0 Å². The summed E-state index contributed by atoms with van der Waals surface area (Å²) in [6.07, 6.45) is 0. The quantitative estimate of drug-likeness (QED) is 0.586. The van der Waals surface area contributed by atoms with Gasteiger partial charge in [-0.05, 0) is 22.0 Å². The number of halogens is 1. The third-order valence-electron chi connectivity index (χ3n) is 2.22. The van der Waals surface area contributed by atoms with E-state index in [2.05, 4.69) is 15.9 Å². The molecule has 0 aliphatic rings. The van der Waals surface area contributed by atoms with Gasteiger partial charge in [0.25, 0.3) is 5.69 Å². The molecule has 0 spiro atoms. The zero-order valence-corrected chi connectivity index (χ0v) is 12.0. The van der Waals surface area contributed by atoms with Gasteiger partial charge in [-0.25, -0.2) is 8.42 Å². The van der Waals surface area contributed by atoms with Crippen LogP contribution in [0.25, 0.3) is 0 Å². The lowest BCUT2D eigenvalue weighted by Crippen LogP contribution is -2.15. The minimum Gasteiger partial charge on any atom is -0.491 e. The van der Waals surface area contributed by atoms with Gasteiger partial charge in [0.1, 0.15) is 12.4 Å². The van der Waals surface area contributed by atoms with Crippen molar-refractivity contribution in [1.82, 2.24) is 0 Å². The molecule has 0 aromatic heterocycles. The fourth-order valence-electron chi connectivity index (χ4n) is 1.14. The molecule has 0 bridgehead atoms. The van der Waals surface area contributed by atoms with Crippen molar-refractivity contribution in [1.29, 1.82) is 0 Å². The Labute approximate surface area is 113 Å². The molecule has 0 N–H and O–H groups in total. The number of ether oxygens (including phenoxy) is 1. The van der Waals surface area contributed by atoms with Crippen molar-refractivity contribution < 1.29 is 18.1 Å². The first-order valence-electron chi connectivity index (χ1n) is 5.13. The fraction of sp³-hybridized carbons (Fsp3) is 0.400. The van der Waals surface area contributed by atoms with Gasteiger partial charge in [0.15, 0.2) is 9.84 Å². The Balaban J connectivity index is 2.73. The highest BCUT2D eigenvalue weighted by molar-refractivity contribution is 9.10. The van der Waals surface area contributed by atoms with Crippen LogP contribution < -0.4 is 4.74 Å². The van der Waals surface area contributed by atoms with E-state index in [-0.39, 0.29) is 29.5 Å². The summed E-state index contributed by atoms with van der Waals surface area (Å²) in [5.41, 5.74) is -0.105. The number of sulfone groups is 1. The number of nitrogens with zero attached hydrogens (tertiary/aromatic N) is 1. The summed E-state index contributed by atoms with van der Waals surface area (Å²) >= 11 is 3.18. The normalized spacial score (nSPS) is 11.2. The SMILES string of the molecule is CCS(=O)(=O)CCOc1cc([N+](=O)[O-])ccc1Br. The molecule has 1 aromatic carbocycles. The van der Waals surface area contributed by atoms with Gasteiger partial charge < -0.3 is 4.74 Å². The van der Waals surface area contributed by atoms with Crippen LogP contribution in [0.2, 0.25) is 0 Å². The summed E-state index contributed by atoms with van der Waals surface area (Å²) in [6, 6.07) is 4.07. The van der Waals surface area contributed by atoms with Crippen molar-refractivity contribution in [2.45, 2.75) is 6.92 Å². The number of rotatable bonds is 6. The van der Waals surface area contributed by atoms with E-state index in [1.165, 1.54) is 18.2 Å². The van der Waals surface area contributed by atoms with Crippen LogP contribution >= 0.6 is 15.9 Å². The van der Waals surface area contributed by atoms with Crippen molar-refractivity contribution in [2.24, 2.45) is 0 Å². The number of benzene rings is 1. The van der Waals surface area contributed by atoms with E-state index in [0.29, 0.717) is 4.47 Å². The predicted molar refractivity (Wildman–Crippen MR) is 70.6 cm³/mol. The maximum absolute atomic E-state index is 11.2. The van der Waals surface area contributed by atoms with Crippen LogP contribution in [0.15, 0.2) is 22.7 Å². The van der Waals surface area contributed by atoms with Gasteiger partial charge in [0, 0.05) is 11.8 Å². The topological polar surface area (TPSA) is 86.5 Å². The molecule has 0 amide bonds.